The number of fused-ring (bicyclic) bond motifs is 3. The molecule has 0 radical (unpaired) electrons. The van der Waals surface area contributed by atoms with Crippen LogP contribution in [0, 0.1) is 20.8 Å². The number of hydrogen-bond donors (Lipinski definition) is 1. The van der Waals surface area contributed by atoms with Crippen LogP contribution in [0.4, 0.5) is 0 Å². The van der Waals surface area contributed by atoms with E-state index in [1.165, 1.54) is 16.7 Å². The van der Waals surface area contributed by atoms with Crippen LogP contribution in [0.5, 0.6) is 0 Å². The fourth-order valence-corrected chi connectivity index (χ4v) is 3.65. The molecule has 1 aromatic heterocycles. The molecule has 24 heavy (non-hydrogen) atoms. The van der Waals surface area contributed by atoms with Crippen molar-refractivity contribution in [1.82, 2.24) is 5.16 Å². The predicted octanol–water partition coefficient (Wildman–Crippen LogP) is 3.94. The number of aryl methyl sites for hydroxylation is 3. The van der Waals surface area contributed by atoms with Gasteiger partial charge in [0.25, 0.3) is 0 Å². The molecule has 0 bridgehead atoms. The van der Waals surface area contributed by atoms with Gasteiger partial charge in [0.15, 0.2) is 0 Å². The van der Waals surface area contributed by atoms with Gasteiger partial charge in [-0.3, -0.25) is 4.79 Å². The molecule has 2 N–H and O–H groups in total. The highest BCUT2D eigenvalue weighted by Crippen LogP contribution is 2.42. The van der Waals surface area contributed by atoms with Gasteiger partial charge in [0.2, 0.25) is 5.91 Å². The summed E-state index contributed by atoms with van der Waals surface area (Å²) in [6, 6.07) is 10.4. The van der Waals surface area contributed by atoms with Crippen molar-refractivity contribution in [3.05, 3.63) is 64.0 Å². The molecule has 0 aliphatic heterocycles. The summed E-state index contributed by atoms with van der Waals surface area (Å²) in [6.45, 7) is 5.86. The fourth-order valence-electron chi connectivity index (χ4n) is 3.65. The zero-order chi connectivity index (χ0) is 17.0. The van der Waals surface area contributed by atoms with Crippen LogP contribution in [0.25, 0.3) is 22.3 Å². The molecular formula is C20H18N2O2. The van der Waals surface area contributed by atoms with E-state index in [4.69, 9.17) is 10.3 Å². The Morgan fingerprint density at radius 1 is 1.12 bits per heavy atom. The van der Waals surface area contributed by atoms with Crippen molar-refractivity contribution in [2.75, 3.05) is 0 Å². The molecule has 0 saturated heterocycles. The first-order chi connectivity index (χ1) is 11.5. The molecule has 1 aliphatic rings. The molecule has 0 unspecified atom stereocenters. The van der Waals surface area contributed by atoms with Crippen LogP contribution < -0.4 is 5.73 Å². The van der Waals surface area contributed by atoms with E-state index < -0.39 is 5.91 Å². The normalized spacial score (nSPS) is 12.1. The zero-order valence-electron chi connectivity index (χ0n) is 13.9. The van der Waals surface area contributed by atoms with Crippen molar-refractivity contribution in [2.24, 2.45) is 5.73 Å². The second-order valence-electron chi connectivity index (χ2n) is 6.45. The number of carbonyl (C=O) groups excluding carboxylic acids is 1. The van der Waals surface area contributed by atoms with E-state index in [0.717, 1.165) is 40.1 Å². The van der Waals surface area contributed by atoms with Crippen molar-refractivity contribution in [3.8, 4) is 22.3 Å². The Morgan fingerprint density at radius 3 is 2.58 bits per heavy atom. The molecule has 4 rings (SSSR count). The zero-order valence-corrected chi connectivity index (χ0v) is 13.9. The molecule has 4 nitrogen and oxygen atoms in total. The summed E-state index contributed by atoms with van der Waals surface area (Å²) < 4.78 is 5.29. The van der Waals surface area contributed by atoms with E-state index in [1.807, 2.05) is 19.9 Å². The Labute approximate surface area is 140 Å². The third-order valence-corrected chi connectivity index (χ3v) is 4.76. The van der Waals surface area contributed by atoms with Gasteiger partial charge in [-0.25, -0.2) is 0 Å². The molecule has 2 aromatic carbocycles. The quantitative estimate of drug-likeness (QED) is 0.608. The highest BCUT2D eigenvalue weighted by Gasteiger charge is 2.25. The number of amides is 1. The number of nitrogens with two attached hydrogens (primary N) is 1. The Morgan fingerprint density at radius 2 is 1.92 bits per heavy atom. The summed E-state index contributed by atoms with van der Waals surface area (Å²) in [5.74, 6) is 0.342. The van der Waals surface area contributed by atoms with Crippen molar-refractivity contribution < 1.29 is 9.32 Å². The second kappa shape index (κ2) is 5.06. The molecule has 0 fully saturated rings. The summed E-state index contributed by atoms with van der Waals surface area (Å²) in [7, 11) is 0. The van der Waals surface area contributed by atoms with Crippen LogP contribution in [0.1, 0.15) is 38.5 Å². The maximum absolute atomic E-state index is 12.1. The Hall–Kier alpha value is -2.88. The van der Waals surface area contributed by atoms with E-state index in [2.05, 4.69) is 36.3 Å². The first-order valence-electron chi connectivity index (χ1n) is 7.95. The largest absolute Gasteiger partial charge is 0.366 e. The monoisotopic (exact) mass is 318 g/mol. The van der Waals surface area contributed by atoms with E-state index in [9.17, 15) is 4.79 Å². The van der Waals surface area contributed by atoms with Crippen LogP contribution in [0.15, 0.2) is 34.9 Å². The number of aromatic nitrogens is 1. The Bertz CT molecular complexity index is 980. The molecule has 0 atom stereocenters. The minimum Gasteiger partial charge on any atom is -0.366 e. The van der Waals surface area contributed by atoms with E-state index in [-0.39, 0.29) is 0 Å². The van der Waals surface area contributed by atoms with Crippen LogP contribution in [0.3, 0.4) is 0 Å². The molecule has 120 valence electrons. The fraction of sp³-hybridized carbons (Fsp3) is 0.200. The molecule has 1 amide bonds. The lowest BCUT2D eigenvalue weighted by Crippen LogP contribution is -2.14. The molecule has 4 heteroatoms. The van der Waals surface area contributed by atoms with E-state index in [0.29, 0.717) is 5.56 Å². The minimum atomic E-state index is -0.399. The van der Waals surface area contributed by atoms with Crippen molar-refractivity contribution in [3.63, 3.8) is 0 Å². The van der Waals surface area contributed by atoms with Gasteiger partial charge < -0.3 is 10.3 Å². The molecule has 0 saturated carbocycles. The van der Waals surface area contributed by atoms with Crippen LogP contribution in [-0.2, 0) is 6.42 Å². The van der Waals surface area contributed by atoms with Crippen LogP contribution in [-0.4, -0.2) is 11.1 Å². The number of rotatable bonds is 2. The number of hydrogen-bond acceptors (Lipinski definition) is 3. The van der Waals surface area contributed by atoms with Gasteiger partial charge in [-0.05, 0) is 67.1 Å². The van der Waals surface area contributed by atoms with E-state index >= 15 is 0 Å². The topological polar surface area (TPSA) is 69.1 Å². The first kappa shape index (κ1) is 14.7. The number of benzene rings is 2. The average molecular weight is 318 g/mol. The van der Waals surface area contributed by atoms with Crippen LogP contribution in [0.2, 0.25) is 0 Å². The molecule has 0 spiro atoms. The molecule has 1 heterocycles. The lowest BCUT2D eigenvalue weighted by Gasteiger charge is -2.10. The van der Waals surface area contributed by atoms with Gasteiger partial charge in [-0.2, -0.15) is 0 Å². The Balaban J connectivity index is 2.03. The maximum Gasteiger partial charge on any atom is 0.249 e. The number of primary amides is 1. The number of nitrogens with zero attached hydrogens (tertiary/aromatic N) is 1. The maximum atomic E-state index is 12.1. The smallest absolute Gasteiger partial charge is 0.249 e. The molecule has 3 aromatic rings. The van der Waals surface area contributed by atoms with Gasteiger partial charge in [-0.15, -0.1) is 0 Å². The summed E-state index contributed by atoms with van der Waals surface area (Å²) in [5, 5.41) is 4.03. The van der Waals surface area contributed by atoms with Crippen molar-refractivity contribution in [1.29, 1.82) is 0 Å². The average Bonchev–Trinajstić information content (AvgIpc) is 3.06. The second-order valence-corrected chi connectivity index (χ2v) is 6.45. The van der Waals surface area contributed by atoms with Gasteiger partial charge >= 0.3 is 0 Å². The molecular weight excluding hydrogens is 300 g/mol. The summed E-state index contributed by atoms with van der Waals surface area (Å²) in [6.07, 6.45) is 0.741. The highest BCUT2D eigenvalue weighted by atomic mass is 16.5. The highest BCUT2D eigenvalue weighted by molar-refractivity contribution is 6.00. The minimum absolute atomic E-state index is 0.399. The van der Waals surface area contributed by atoms with Gasteiger partial charge in [0.05, 0.1) is 5.69 Å². The molecule has 1 aliphatic carbocycles. The summed E-state index contributed by atoms with van der Waals surface area (Å²) >= 11 is 0. The lowest BCUT2D eigenvalue weighted by molar-refractivity contribution is 0.0999. The van der Waals surface area contributed by atoms with Gasteiger partial charge in [0, 0.05) is 11.1 Å². The lowest BCUT2D eigenvalue weighted by atomic mass is 9.93. The van der Waals surface area contributed by atoms with Crippen LogP contribution >= 0.6 is 0 Å². The van der Waals surface area contributed by atoms with E-state index in [1.54, 1.807) is 0 Å². The first-order valence-corrected chi connectivity index (χ1v) is 7.95. The SMILES string of the molecule is Cc1ccc2c(c1)-c1cc(-c3c(C)noc3C)cc(C(N)=O)c1C2. The standard InChI is InChI=1S/C20H18N2O2/c1-10-4-5-13-7-17-16(15(13)6-10)8-14(9-18(17)20(21)23)19-11(2)22-24-12(19)3/h4-6,8-9H,7H2,1-3H3,(H2,21,23). The third kappa shape index (κ3) is 2.07. The van der Waals surface area contributed by atoms with Gasteiger partial charge in [-0.1, -0.05) is 28.9 Å². The van der Waals surface area contributed by atoms with Crippen molar-refractivity contribution >= 4 is 5.91 Å². The van der Waals surface area contributed by atoms with Crippen molar-refractivity contribution in [2.45, 2.75) is 27.2 Å². The van der Waals surface area contributed by atoms with Gasteiger partial charge in [0.1, 0.15) is 5.76 Å². The third-order valence-electron chi connectivity index (χ3n) is 4.76. The Kier molecular flexibility index (Phi) is 3.10. The number of carbonyl (C=O) groups is 1. The summed E-state index contributed by atoms with van der Waals surface area (Å²) in [4.78, 5) is 12.1. The summed E-state index contributed by atoms with van der Waals surface area (Å²) in [5.41, 5.74) is 14.6. The predicted molar refractivity (Wildman–Crippen MR) is 92.9 cm³/mol.